The average Bonchev–Trinajstić information content (AvgIpc) is 2.65. The summed E-state index contributed by atoms with van der Waals surface area (Å²) in [6.07, 6.45) is 8.87. The van der Waals surface area contributed by atoms with Crippen molar-refractivity contribution in [3.05, 3.63) is 23.8 Å². The minimum atomic E-state index is -0.0151. The highest BCUT2D eigenvalue weighted by Gasteiger charge is 2.15. The van der Waals surface area contributed by atoms with Crippen LogP contribution in [0.15, 0.2) is 18.2 Å². The predicted octanol–water partition coefficient (Wildman–Crippen LogP) is 3.93. The minimum Gasteiger partial charge on any atom is -0.482 e. The topological polar surface area (TPSA) is 35.5 Å². The summed E-state index contributed by atoms with van der Waals surface area (Å²) in [5.74, 6) is 1.38. The molecule has 0 fully saturated rings. The third-order valence-electron chi connectivity index (χ3n) is 3.60. The third-order valence-corrected chi connectivity index (χ3v) is 3.60. The molecule has 0 saturated carbocycles. The van der Waals surface area contributed by atoms with E-state index in [1.165, 1.54) is 44.1 Å². The summed E-state index contributed by atoms with van der Waals surface area (Å²) in [6, 6.07) is 6.00. The number of rotatable bonds is 7. The van der Waals surface area contributed by atoms with Crippen LogP contribution in [-0.2, 0) is 11.2 Å². The standard InChI is InChI=1S/C17H24O3/c1-2-3-4-5-6-7-8-14-9-10-16-17(11-14)20-13-15(18)12-19-16/h9-11H,2-8,12-13H2,1H3. The molecule has 0 aromatic heterocycles. The number of carbonyl (C=O) groups excluding carboxylic acids is 1. The molecule has 0 amide bonds. The zero-order chi connectivity index (χ0) is 14.2. The molecule has 3 nitrogen and oxygen atoms in total. The lowest BCUT2D eigenvalue weighted by atomic mass is 10.0. The number of Topliss-reactive ketones (excluding diaryl/α,β-unsaturated/α-hetero) is 1. The lowest BCUT2D eigenvalue weighted by Gasteiger charge is -2.08. The molecule has 1 aromatic rings. The summed E-state index contributed by atoms with van der Waals surface area (Å²) in [5, 5.41) is 0. The Balaban J connectivity index is 1.80. The highest BCUT2D eigenvalue weighted by Crippen LogP contribution is 2.30. The molecular weight excluding hydrogens is 252 g/mol. The Morgan fingerprint density at radius 2 is 1.65 bits per heavy atom. The summed E-state index contributed by atoms with van der Waals surface area (Å²) in [6.45, 7) is 2.47. The van der Waals surface area contributed by atoms with Gasteiger partial charge in [0.25, 0.3) is 0 Å². The molecule has 0 bridgehead atoms. The van der Waals surface area contributed by atoms with Crippen molar-refractivity contribution in [3.8, 4) is 11.5 Å². The van der Waals surface area contributed by atoms with Crippen molar-refractivity contribution in [3.63, 3.8) is 0 Å². The van der Waals surface area contributed by atoms with E-state index in [9.17, 15) is 4.79 Å². The van der Waals surface area contributed by atoms with Crippen molar-refractivity contribution < 1.29 is 14.3 Å². The normalized spacial score (nSPS) is 14.2. The van der Waals surface area contributed by atoms with Gasteiger partial charge in [-0.05, 0) is 30.5 Å². The van der Waals surface area contributed by atoms with E-state index >= 15 is 0 Å². The molecule has 0 spiro atoms. The number of ketones is 1. The SMILES string of the molecule is CCCCCCCCc1ccc2c(c1)OCC(=O)CO2. The fourth-order valence-corrected chi connectivity index (χ4v) is 2.41. The van der Waals surface area contributed by atoms with E-state index in [0.29, 0.717) is 11.5 Å². The molecule has 0 unspecified atom stereocenters. The highest BCUT2D eigenvalue weighted by atomic mass is 16.5. The van der Waals surface area contributed by atoms with Crippen LogP contribution in [0.3, 0.4) is 0 Å². The Labute approximate surface area is 121 Å². The van der Waals surface area contributed by atoms with Gasteiger partial charge >= 0.3 is 0 Å². The van der Waals surface area contributed by atoms with Crippen LogP contribution < -0.4 is 9.47 Å². The first-order chi connectivity index (χ1) is 9.79. The Bertz CT molecular complexity index is 440. The molecule has 1 heterocycles. The summed E-state index contributed by atoms with van der Waals surface area (Å²) in [4.78, 5) is 11.3. The van der Waals surface area contributed by atoms with Crippen LogP contribution in [0, 0.1) is 0 Å². The van der Waals surface area contributed by atoms with Crippen LogP contribution in [0.2, 0.25) is 0 Å². The first-order valence-corrected chi connectivity index (χ1v) is 7.70. The number of hydrogen-bond acceptors (Lipinski definition) is 3. The van der Waals surface area contributed by atoms with Crippen molar-refractivity contribution in [2.24, 2.45) is 0 Å². The van der Waals surface area contributed by atoms with Gasteiger partial charge in [0, 0.05) is 0 Å². The van der Waals surface area contributed by atoms with E-state index in [-0.39, 0.29) is 19.0 Å². The molecule has 1 aromatic carbocycles. The smallest absolute Gasteiger partial charge is 0.207 e. The van der Waals surface area contributed by atoms with E-state index in [0.717, 1.165) is 6.42 Å². The van der Waals surface area contributed by atoms with Crippen LogP contribution in [-0.4, -0.2) is 19.0 Å². The monoisotopic (exact) mass is 276 g/mol. The van der Waals surface area contributed by atoms with Gasteiger partial charge in [-0.15, -0.1) is 0 Å². The average molecular weight is 276 g/mol. The van der Waals surface area contributed by atoms with Crippen molar-refractivity contribution in [1.82, 2.24) is 0 Å². The molecule has 1 aliphatic rings. The number of aryl methyl sites for hydroxylation is 1. The molecule has 0 atom stereocenters. The van der Waals surface area contributed by atoms with Crippen LogP contribution in [0.4, 0.5) is 0 Å². The quantitative estimate of drug-likeness (QED) is 0.708. The van der Waals surface area contributed by atoms with E-state index in [1.54, 1.807) is 0 Å². The summed E-state index contributed by atoms with van der Waals surface area (Å²) in [5.41, 5.74) is 1.26. The van der Waals surface area contributed by atoms with Crippen molar-refractivity contribution in [2.45, 2.75) is 51.9 Å². The second-order valence-electron chi connectivity index (χ2n) is 5.41. The van der Waals surface area contributed by atoms with Gasteiger partial charge in [0.2, 0.25) is 5.78 Å². The molecule has 0 radical (unpaired) electrons. The van der Waals surface area contributed by atoms with Crippen LogP contribution in [0.1, 0.15) is 51.0 Å². The molecule has 2 rings (SSSR count). The van der Waals surface area contributed by atoms with Gasteiger partial charge in [-0.3, -0.25) is 4.79 Å². The molecule has 1 aliphatic heterocycles. The molecule has 0 N–H and O–H groups in total. The maximum Gasteiger partial charge on any atom is 0.207 e. The molecule has 0 saturated heterocycles. The number of hydrogen-bond donors (Lipinski definition) is 0. The second kappa shape index (κ2) is 7.93. The maximum atomic E-state index is 11.3. The Kier molecular flexibility index (Phi) is 5.90. The number of fused-ring (bicyclic) bond motifs is 1. The minimum absolute atomic E-state index is 0.0151. The van der Waals surface area contributed by atoms with Gasteiger partial charge < -0.3 is 9.47 Å². The molecule has 20 heavy (non-hydrogen) atoms. The lowest BCUT2D eigenvalue weighted by molar-refractivity contribution is -0.122. The fourth-order valence-electron chi connectivity index (χ4n) is 2.41. The van der Waals surface area contributed by atoms with E-state index in [1.807, 2.05) is 12.1 Å². The largest absolute Gasteiger partial charge is 0.482 e. The van der Waals surface area contributed by atoms with E-state index in [4.69, 9.17) is 9.47 Å². The van der Waals surface area contributed by atoms with E-state index < -0.39 is 0 Å². The first kappa shape index (κ1) is 14.9. The number of benzene rings is 1. The fraction of sp³-hybridized carbons (Fsp3) is 0.588. The van der Waals surface area contributed by atoms with Crippen LogP contribution >= 0.6 is 0 Å². The van der Waals surface area contributed by atoms with Gasteiger partial charge in [0.15, 0.2) is 24.7 Å². The number of ether oxygens (including phenoxy) is 2. The molecule has 3 heteroatoms. The van der Waals surface area contributed by atoms with Gasteiger partial charge in [-0.25, -0.2) is 0 Å². The summed E-state index contributed by atoms with van der Waals surface area (Å²) >= 11 is 0. The third kappa shape index (κ3) is 4.55. The van der Waals surface area contributed by atoms with Crippen molar-refractivity contribution in [1.29, 1.82) is 0 Å². The molecular formula is C17H24O3. The van der Waals surface area contributed by atoms with Gasteiger partial charge in [0.05, 0.1) is 0 Å². The Hall–Kier alpha value is -1.51. The Morgan fingerprint density at radius 3 is 2.45 bits per heavy atom. The predicted molar refractivity (Wildman–Crippen MR) is 79.5 cm³/mol. The van der Waals surface area contributed by atoms with Crippen LogP contribution in [0.25, 0.3) is 0 Å². The van der Waals surface area contributed by atoms with Crippen molar-refractivity contribution >= 4 is 5.78 Å². The Morgan fingerprint density at radius 1 is 0.950 bits per heavy atom. The van der Waals surface area contributed by atoms with Crippen LogP contribution in [0.5, 0.6) is 11.5 Å². The van der Waals surface area contributed by atoms with Gasteiger partial charge in [-0.2, -0.15) is 0 Å². The second-order valence-corrected chi connectivity index (χ2v) is 5.41. The zero-order valence-corrected chi connectivity index (χ0v) is 12.3. The first-order valence-electron chi connectivity index (χ1n) is 7.70. The van der Waals surface area contributed by atoms with Gasteiger partial charge in [-0.1, -0.05) is 45.1 Å². The number of carbonyl (C=O) groups is 1. The summed E-state index contributed by atoms with van der Waals surface area (Å²) < 4.78 is 10.9. The summed E-state index contributed by atoms with van der Waals surface area (Å²) in [7, 11) is 0. The van der Waals surface area contributed by atoms with Crippen molar-refractivity contribution in [2.75, 3.05) is 13.2 Å². The van der Waals surface area contributed by atoms with E-state index in [2.05, 4.69) is 13.0 Å². The number of unbranched alkanes of at least 4 members (excludes halogenated alkanes) is 5. The zero-order valence-electron chi connectivity index (χ0n) is 12.3. The maximum absolute atomic E-state index is 11.3. The molecule has 0 aliphatic carbocycles. The molecule has 110 valence electrons. The highest BCUT2D eigenvalue weighted by molar-refractivity contribution is 5.82. The lowest BCUT2D eigenvalue weighted by Crippen LogP contribution is -2.15. The van der Waals surface area contributed by atoms with Gasteiger partial charge in [0.1, 0.15) is 0 Å².